The molecule has 8 nitrogen and oxygen atoms in total. The van der Waals surface area contributed by atoms with E-state index in [1.165, 1.54) is 16.0 Å². The molecule has 1 aliphatic carbocycles. The summed E-state index contributed by atoms with van der Waals surface area (Å²) in [5.74, 6) is -1.21. The van der Waals surface area contributed by atoms with Gasteiger partial charge in [0, 0.05) is 11.9 Å². The number of halogens is 1. The van der Waals surface area contributed by atoms with Crippen molar-refractivity contribution in [1.82, 2.24) is 9.78 Å². The van der Waals surface area contributed by atoms with E-state index in [0.29, 0.717) is 22.2 Å². The second-order valence-corrected chi connectivity index (χ2v) is 8.74. The molecule has 0 saturated carbocycles. The van der Waals surface area contributed by atoms with Crippen LogP contribution in [0.25, 0.3) is 0 Å². The van der Waals surface area contributed by atoms with Gasteiger partial charge < -0.3 is 14.8 Å². The first-order valence-electron chi connectivity index (χ1n) is 9.70. The standard InChI is InChI=1S/C20H24ClN3O5S/c1-5-28-20(27)16-12-7-6-10(2)8-13(12)30-18(16)22-14(25)9-29-19(26)15-11(3)23-24(4)17(15)21/h10H,5-9H2,1-4H3,(H,22,25). The molecule has 2 heterocycles. The van der Waals surface area contributed by atoms with E-state index in [-0.39, 0.29) is 17.3 Å². The van der Waals surface area contributed by atoms with E-state index < -0.39 is 24.5 Å². The van der Waals surface area contributed by atoms with Crippen LogP contribution in [0.4, 0.5) is 5.00 Å². The Bertz CT molecular complexity index is 997. The molecule has 0 saturated heterocycles. The molecule has 162 valence electrons. The number of anilines is 1. The smallest absolute Gasteiger partial charge is 0.343 e. The number of aryl methyl sites for hydroxylation is 2. The van der Waals surface area contributed by atoms with Crippen molar-refractivity contribution in [2.45, 2.75) is 40.0 Å². The first-order valence-corrected chi connectivity index (χ1v) is 10.9. The van der Waals surface area contributed by atoms with Gasteiger partial charge in [-0.25, -0.2) is 9.59 Å². The van der Waals surface area contributed by atoms with Crippen LogP contribution >= 0.6 is 22.9 Å². The van der Waals surface area contributed by atoms with Gasteiger partial charge in [-0.3, -0.25) is 9.48 Å². The minimum atomic E-state index is -0.731. The number of carbonyl (C=O) groups is 3. The molecule has 2 aromatic heterocycles. The lowest BCUT2D eigenvalue weighted by atomic mass is 9.88. The number of hydrogen-bond acceptors (Lipinski definition) is 7. The third-order valence-electron chi connectivity index (χ3n) is 4.93. The summed E-state index contributed by atoms with van der Waals surface area (Å²) in [6.07, 6.45) is 2.60. The summed E-state index contributed by atoms with van der Waals surface area (Å²) >= 11 is 7.44. The molecule has 0 radical (unpaired) electrons. The van der Waals surface area contributed by atoms with Gasteiger partial charge in [-0.15, -0.1) is 11.3 Å². The molecule has 1 amide bonds. The fourth-order valence-electron chi connectivity index (χ4n) is 3.49. The Morgan fingerprint density at radius 3 is 2.60 bits per heavy atom. The zero-order valence-electron chi connectivity index (χ0n) is 17.3. The van der Waals surface area contributed by atoms with Crippen LogP contribution in [-0.2, 0) is 34.2 Å². The summed E-state index contributed by atoms with van der Waals surface area (Å²) in [7, 11) is 1.61. The number of rotatable bonds is 6. The van der Waals surface area contributed by atoms with Gasteiger partial charge in [0.25, 0.3) is 5.91 Å². The number of hydrogen-bond donors (Lipinski definition) is 1. The van der Waals surface area contributed by atoms with Crippen LogP contribution in [0.3, 0.4) is 0 Å². The van der Waals surface area contributed by atoms with Gasteiger partial charge in [0.05, 0.1) is 17.9 Å². The van der Waals surface area contributed by atoms with E-state index in [2.05, 4.69) is 17.3 Å². The molecule has 0 aliphatic heterocycles. The van der Waals surface area contributed by atoms with Crippen molar-refractivity contribution in [2.24, 2.45) is 13.0 Å². The minimum Gasteiger partial charge on any atom is -0.462 e. The Morgan fingerprint density at radius 2 is 1.97 bits per heavy atom. The van der Waals surface area contributed by atoms with Crippen molar-refractivity contribution < 1.29 is 23.9 Å². The molecule has 0 aromatic carbocycles. The molecule has 1 unspecified atom stereocenters. The van der Waals surface area contributed by atoms with Gasteiger partial charge >= 0.3 is 11.9 Å². The van der Waals surface area contributed by atoms with Crippen molar-refractivity contribution in [3.8, 4) is 0 Å². The highest BCUT2D eigenvalue weighted by Gasteiger charge is 2.29. The Morgan fingerprint density at radius 1 is 1.27 bits per heavy atom. The number of carbonyl (C=O) groups excluding carboxylic acids is 3. The third-order valence-corrected chi connectivity index (χ3v) is 6.54. The van der Waals surface area contributed by atoms with Gasteiger partial charge in [0.2, 0.25) is 0 Å². The predicted octanol–water partition coefficient (Wildman–Crippen LogP) is 3.54. The van der Waals surface area contributed by atoms with Gasteiger partial charge in [0.1, 0.15) is 15.7 Å². The minimum absolute atomic E-state index is 0.125. The molecule has 1 atom stereocenters. The van der Waals surface area contributed by atoms with Crippen LogP contribution in [0.1, 0.15) is 57.1 Å². The maximum atomic E-state index is 12.5. The highest BCUT2D eigenvalue weighted by Crippen LogP contribution is 2.40. The number of nitrogens with one attached hydrogen (secondary N) is 1. The zero-order chi connectivity index (χ0) is 22.0. The van der Waals surface area contributed by atoms with Crippen molar-refractivity contribution in [2.75, 3.05) is 18.5 Å². The number of nitrogens with zero attached hydrogens (tertiary/aromatic N) is 2. The van der Waals surface area contributed by atoms with Crippen LogP contribution in [0, 0.1) is 12.8 Å². The van der Waals surface area contributed by atoms with Crippen LogP contribution in [0.15, 0.2) is 0 Å². The van der Waals surface area contributed by atoms with E-state index in [9.17, 15) is 14.4 Å². The van der Waals surface area contributed by atoms with E-state index in [1.54, 1.807) is 20.9 Å². The van der Waals surface area contributed by atoms with Crippen LogP contribution < -0.4 is 5.32 Å². The first kappa shape index (κ1) is 22.3. The number of esters is 2. The third kappa shape index (κ3) is 4.52. The van der Waals surface area contributed by atoms with E-state index in [0.717, 1.165) is 29.7 Å². The maximum Gasteiger partial charge on any atom is 0.343 e. The number of ether oxygens (including phenoxy) is 2. The van der Waals surface area contributed by atoms with Gasteiger partial charge in [0.15, 0.2) is 6.61 Å². The van der Waals surface area contributed by atoms with Crippen LogP contribution in [0.2, 0.25) is 5.15 Å². The van der Waals surface area contributed by atoms with E-state index in [1.807, 2.05) is 0 Å². The lowest BCUT2D eigenvalue weighted by molar-refractivity contribution is -0.119. The largest absolute Gasteiger partial charge is 0.462 e. The molecule has 0 fully saturated rings. The summed E-state index contributed by atoms with van der Waals surface area (Å²) in [5, 5.41) is 7.34. The summed E-state index contributed by atoms with van der Waals surface area (Å²) in [6, 6.07) is 0. The van der Waals surface area contributed by atoms with E-state index in [4.69, 9.17) is 21.1 Å². The molecule has 0 bridgehead atoms. The Kier molecular flexibility index (Phi) is 6.82. The second-order valence-electron chi connectivity index (χ2n) is 7.28. The summed E-state index contributed by atoms with van der Waals surface area (Å²) < 4.78 is 11.7. The Balaban J connectivity index is 1.73. The molecular formula is C20H24ClN3O5S. The van der Waals surface area contributed by atoms with Crippen LogP contribution in [0.5, 0.6) is 0 Å². The monoisotopic (exact) mass is 453 g/mol. The van der Waals surface area contributed by atoms with Gasteiger partial charge in [-0.1, -0.05) is 18.5 Å². The lowest BCUT2D eigenvalue weighted by Gasteiger charge is -2.18. The molecule has 10 heteroatoms. The molecular weight excluding hydrogens is 430 g/mol. The highest BCUT2D eigenvalue weighted by molar-refractivity contribution is 7.17. The predicted molar refractivity (Wildman–Crippen MR) is 113 cm³/mol. The molecule has 1 aliphatic rings. The normalized spacial score (nSPS) is 15.4. The Labute approximate surface area is 183 Å². The van der Waals surface area contributed by atoms with Crippen LogP contribution in [-0.4, -0.2) is 40.8 Å². The summed E-state index contributed by atoms with van der Waals surface area (Å²) in [5.41, 5.74) is 1.90. The topological polar surface area (TPSA) is 99.5 Å². The molecule has 3 rings (SSSR count). The summed E-state index contributed by atoms with van der Waals surface area (Å²) in [6.45, 7) is 5.27. The average molecular weight is 454 g/mol. The fraction of sp³-hybridized carbons (Fsp3) is 0.500. The highest BCUT2D eigenvalue weighted by atomic mass is 35.5. The molecule has 2 aromatic rings. The van der Waals surface area contributed by atoms with E-state index >= 15 is 0 Å². The number of amides is 1. The second kappa shape index (κ2) is 9.18. The maximum absolute atomic E-state index is 12.5. The molecule has 0 spiro atoms. The molecule has 30 heavy (non-hydrogen) atoms. The quantitative estimate of drug-likeness (QED) is 0.671. The number of thiophene rings is 1. The molecule has 1 N–H and O–H groups in total. The summed E-state index contributed by atoms with van der Waals surface area (Å²) in [4.78, 5) is 38.3. The van der Waals surface area contributed by atoms with Crippen molar-refractivity contribution in [3.63, 3.8) is 0 Å². The average Bonchev–Trinajstić information content (AvgIpc) is 3.15. The number of aromatic nitrogens is 2. The lowest BCUT2D eigenvalue weighted by Crippen LogP contribution is -2.22. The van der Waals surface area contributed by atoms with Gasteiger partial charge in [-0.2, -0.15) is 5.10 Å². The zero-order valence-corrected chi connectivity index (χ0v) is 18.9. The van der Waals surface area contributed by atoms with Crippen molar-refractivity contribution >= 4 is 45.8 Å². The van der Waals surface area contributed by atoms with Crippen molar-refractivity contribution in [3.05, 3.63) is 32.4 Å². The number of fused-ring (bicyclic) bond motifs is 1. The fourth-order valence-corrected chi connectivity index (χ4v) is 5.15. The van der Waals surface area contributed by atoms with Crippen molar-refractivity contribution in [1.29, 1.82) is 0 Å². The van der Waals surface area contributed by atoms with Gasteiger partial charge in [-0.05, 0) is 44.6 Å². The first-order chi connectivity index (χ1) is 14.2. The SMILES string of the molecule is CCOC(=O)c1c(NC(=O)COC(=O)c2c(C)nn(C)c2Cl)sc2c1CCC(C)C2. The Hall–Kier alpha value is -2.39.